The molecule has 0 radical (unpaired) electrons. The van der Waals surface area contributed by atoms with Crippen LogP contribution in [0.2, 0.25) is 0 Å². The maximum Gasteiger partial charge on any atom is 0.261 e. The van der Waals surface area contributed by atoms with E-state index in [0.29, 0.717) is 34.7 Å². The molecule has 2 aromatic heterocycles. The van der Waals surface area contributed by atoms with Crippen LogP contribution in [-0.4, -0.2) is 71.3 Å². The number of fused-ring (bicyclic) bond motifs is 2. The van der Waals surface area contributed by atoms with Gasteiger partial charge in [-0.15, -0.1) is 0 Å². The van der Waals surface area contributed by atoms with Gasteiger partial charge in [0.2, 0.25) is 0 Å². The Morgan fingerprint density at radius 1 is 0.786 bits per heavy atom. The number of amides is 2. The van der Waals surface area contributed by atoms with Crippen molar-refractivity contribution in [3.63, 3.8) is 0 Å². The van der Waals surface area contributed by atoms with E-state index < -0.39 is 36.4 Å². The number of aliphatic hydroxyl groups is 2. The molecule has 5 aromatic rings. The molecule has 210 valence electrons. The number of imide groups is 1. The molecule has 11 heteroatoms. The van der Waals surface area contributed by atoms with Gasteiger partial charge in [-0.25, -0.2) is 15.0 Å². The number of ether oxygens (including phenoxy) is 1. The molecule has 3 N–H and O–H groups in total. The maximum absolute atomic E-state index is 12.8. The molecule has 42 heavy (non-hydrogen) atoms. The fourth-order valence-corrected chi connectivity index (χ4v) is 5.49. The van der Waals surface area contributed by atoms with E-state index in [1.807, 2.05) is 30.3 Å². The monoisotopic (exact) mass is 562 g/mol. The van der Waals surface area contributed by atoms with Crippen LogP contribution in [0.25, 0.3) is 22.3 Å². The van der Waals surface area contributed by atoms with Crippen LogP contribution >= 0.6 is 0 Å². The van der Waals surface area contributed by atoms with Crippen molar-refractivity contribution >= 4 is 28.8 Å². The van der Waals surface area contributed by atoms with E-state index in [4.69, 9.17) is 4.74 Å². The van der Waals surface area contributed by atoms with Gasteiger partial charge in [-0.1, -0.05) is 66.7 Å². The van der Waals surface area contributed by atoms with Gasteiger partial charge in [0.05, 0.1) is 24.0 Å². The molecular weight excluding hydrogens is 536 g/mol. The Balaban J connectivity index is 1.06. The van der Waals surface area contributed by atoms with Crippen molar-refractivity contribution in [1.29, 1.82) is 0 Å². The molecular formula is C31H26N6O5. The number of carbonyl (C=O) groups excluding carboxylic acids is 2. The first-order chi connectivity index (χ1) is 20.5. The summed E-state index contributed by atoms with van der Waals surface area (Å²) in [5.74, 6) is -0.423. The third kappa shape index (κ3) is 4.40. The van der Waals surface area contributed by atoms with E-state index in [1.165, 1.54) is 17.2 Å². The van der Waals surface area contributed by atoms with Gasteiger partial charge in [-0.2, -0.15) is 0 Å². The smallest absolute Gasteiger partial charge is 0.261 e. The zero-order valence-electron chi connectivity index (χ0n) is 22.2. The summed E-state index contributed by atoms with van der Waals surface area (Å²) in [6.07, 6.45) is -1.91. The number of aromatic nitrogens is 4. The van der Waals surface area contributed by atoms with Gasteiger partial charge in [0, 0.05) is 6.54 Å². The van der Waals surface area contributed by atoms with E-state index in [2.05, 4.69) is 44.5 Å². The lowest BCUT2D eigenvalue weighted by Gasteiger charge is -2.21. The van der Waals surface area contributed by atoms with Crippen molar-refractivity contribution in [2.75, 3.05) is 11.9 Å². The Hall–Kier alpha value is -4.97. The Morgan fingerprint density at radius 3 is 2.17 bits per heavy atom. The summed E-state index contributed by atoms with van der Waals surface area (Å²) in [6.45, 7) is 0.288. The van der Waals surface area contributed by atoms with E-state index in [9.17, 15) is 19.8 Å². The van der Waals surface area contributed by atoms with Gasteiger partial charge in [-0.05, 0) is 28.8 Å². The highest BCUT2D eigenvalue weighted by molar-refractivity contribution is 6.21. The minimum atomic E-state index is -1.35. The summed E-state index contributed by atoms with van der Waals surface area (Å²) in [6, 6.07) is 24.9. The van der Waals surface area contributed by atoms with Crippen LogP contribution in [0.5, 0.6) is 0 Å². The van der Waals surface area contributed by atoms with Crippen LogP contribution in [0.15, 0.2) is 91.5 Å². The lowest BCUT2D eigenvalue weighted by molar-refractivity contribution is -0.0400. The summed E-state index contributed by atoms with van der Waals surface area (Å²) >= 11 is 0. The van der Waals surface area contributed by atoms with Gasteiger partial charge in [-0.3, -0.25) is 19.1 Å². The van der Waals surface area contributed by atoms with E-state index in [-0.39, 0.29) is 6.54 Å². The Morgan fingerprint density at radius 2 is 1.45 bits per heavy atom. The average Bonchev–Trinajstić information content (AvgIpc) is 3.66. The minimum absolute atomic E-state index is 0.210. The molecule has 4 heterocycles. The molecule has 4 atom stereocenters. The van der Waals surface area contributed by atoms with Crippen LogP contribution in [0.4, 0.5) is 5.82 Å². The van der Waals surface area contributed by atoms with Crippen molar-refractivity contribution in [2.24, 2.45) is 0 Å². The lowest BCUT2D eigenvalue weighted by atomic mass is 10.0. The van der Waals surface area contributed by atoms with Crippen LogP contribution in [-0.2, 0) is 11.3 Å². The average molecular weight is 563 g/mol. The fraction of sp³-hybridized carbons (Fsp3) is 0.194. The third-order valence-corrected chi connectivity index (χ3v) is 7.73. The minimum Gasteiger partial charge on any atom is -0.387 e. The van der Waals surface area contributed by atoms with Crippen molar-refractivity contribution < 1.29 is 24.5 Å². The highest BCUT2D eigenvalue weighted by Crippen LogP contribution is 2.34. The third-order valence-electron chi connectivity index (χ3n) is 7.73. The number of imidazole rings is 1. The van der Waals surface area contributed by atoms with Crippen LogP contribution < -0.4 is 5.32 Å². The summed E-state index contributed by atoms with van der Waals surface area (Å²) in [4.78, 5) is 39.8. The summed E-state index contributed by atoms with van der Waals surface area (Å²) in [7, 11) is 0. The zero-order valence-corrected chi connectivity index (χ0v) is 22.2. The number of hydrogen-bond acceptors (Lipinski definition) is 9. The quantitative estimate of drug-likeness (QED) is 0.255. The largest absolute Gasteiger partial charge is 0.387 e. The number of anilines is 1. The first-order valence-corrected chi connectivity index (χ1v) is 13.5. The molecule has 3 aromatic carbocycles. The number of rotatable bonds is 7. The van der Waals surface area contributed by atoms with Gasteiger partial charge in [0.25, 0.3) is 11.8 Å². The molecule has 1 fully saturated rings. The number of carbonyl (C=O) groups is 2. The van der Waals surface area contributed by atoms with E-state index in [0.717, 1.165) is 21.6 Å². The molecule has 0 aliphatic carbocycles. The van der Waals surface area contributed by atoms with Gasteiger partial charge in [0.1, 0.15) is 24.6 Å². The number of benzene rings is 3. The van der Waals surface area contributed by atoms with Crippen LogP contribution in [0.3, 0.4) is 0 Å². The van der Waals surface area contributed by atoms with E-state index >= 15 is 0 Å². The van der Waals surface area contributed by atoms with Crippen molar-refractivity contribution in [3.05, 3.63) is 108 Å². The molecule has 2 aliphatic rings. The fourth-order valence-electron chi connectivity index (χ4n) is 5.49. The molecule has 0 unspecified atom stereocenters. The number of nitrogens with zero attached hydrogens (tertiary/aromatic N) is 5. The number of hydrogen-bond donors (Lipinski definition) is 3. The number of nitrogens with one attached hydrogen (secondary N) is 1. The second kappa shape index (κ2) is 10.5. The highest BCUT2D eigenvalue weighted by atomic mass is 16.6. The van der Waals surface area contributed by atoms with Crippen LogP contribution in [0.1, 0.15) is 32.5 Å². The maximum atomic E-state index is 12.8. The summed E-state index contributed by atoms with van der Waals surface area (Å²) < 4.78 is 7.53. The molecule has 2 amide bonds. The summed E-state index contributed by atoms with van der Waals surface area (Å²) in [5, 5.41) is 25.0. The normalized spacial score (nSPS) is 21.7. The zero-order chi connectivity index (χ0) is 28.8. The first-order valence-electron chi connectivity index (χ1n) is 13.5. The predicted octanol–water partition coefficient (Wildman–Crippen LogP) is 3.02. The molecule has 0 saturated carbocycles. The Bertz CT molecular complexity index is 1760. The molecule has 1 saturated heterocycles. The standard InChI is InChI=1S/C31H26N6O5/c38-25-23(15-36-29(40)21-8-4-5-9-22(21)30(36)41)42-31(26(25)39)37-17-35-24-27(33-16-34-28(24)37)32-14-18-10-12-20(13-11-18)19-6-2-1-3-7-19/h1-13,16-17,23,25-26,31,38-39H,14-15H2,(H,32,33,34)/t23-,25-,26-,31-/m1/s1. The second-order valence-electron chi connectivity index (χ2n) is 10.3. The van der Waals surface area contributed by atoms with Crippen molar-refractivity contribution in [3.8, 4) is 11.1 Å². The lowest BCUT2D eigenvalue weighted by Crippen LogP contribution is -2.42. The van der Waals surface area contributed by atoms with Gasteiger partial charge < -0.3 is 20.3 Å². The molecule has 11 nitrogen and oxygen atoms in total. The molecule has 0 bridgehead atoms. The molecule has 7 rings (SSSR count). The topological polar surface area (TPSA) is 143 Å². The second-order valence-corrected chi connectivity index (χ2v) is 10.3. The van der Waals surface area contributed by atoms with E-state index in [1.54, 1.807) is 24.3 Å². The van der Waals surface area contributed by atoms with Gasteiger partial charge in [0.15, 0.2) is 23.2 Å². The van der Waals surface area contributed by atoms with Crippen LogP contribution in [0, 0.1) is 0 Å². The predicted molar refractivity (Wildman–Crippen MR) is 152 cm³/mol. The highest BCUT2D eigenvalue weighted by Gasteiger charge is 2.47. The van der Waals surface area contributed by atoms with Gasteiger partial charge >= 0.3 is 0 Å². The summed E-state index contributed by atoms with van der Waals surface area (Å²) in [5.41, 5.74) is 4.79. The SMILES string of the molecule is O=C1c2ccccc2C(=O)N1C[C@H]1O[C@@H](n2cnc3c(NCc4ccc(-c5ccccc5)cc4)ncnc32)[C@H](O)[C@@H]1O. The Labute approximate surface area is 240 Å². The molecule has 0 spiro atoms. The Kier molecular flexibility index (Phi) is 6.46. The number of aliphatic hydroxyl groups excluding tert-OH is 2. The first kappa shape index (κ1) is 26.0. The van der Waals surface area contributed by atoms with Crippen molar-refractivity contribution in [2.45, 2.75) is 31.1 Å². The molecule has 2 aliphatic heterocycles. The van der Waals surface area contributed by atoms with Crippen molar-refractivity contribution in [1.82, 2.24) is 24.4 Å².